The number of likely N-dealkylation sites (N-methyl/N-ethyl adjacent to an activating group) is 2. The second-order valence-corrected chi connectivity index (χ2v) is 4.80. The molecule has 0 aromatic heterocycles. The van der Waals surface area contributed by atoms with Gasteiger partial charge in [0.1, 0.15) is 0 Å². The predicted octanol–water partition coefficient (Wildman–Crippen LogP) is 3.03. The van der Waals surface area contributed by atoms with Gasteiger partial charge < -0.3 is 9.80 Å². The van der Waals surface area contributed by atoms with Crippen molar-refractivity contribution in [2.45, 2.75) is 6.04 Å². The number of urea groups is 1. The van der Waals surface area contributed by atoms with Gasteiger partial charge in [-0.1, -0.05) is 29.3 Å². The van der Waals surface area contributed by atoms with Gasteiger partial charge in [-0.05, 0) is 17.7 Å². The molecule has 0 aliphatic carbocycles. The molecule has 1 aliphatic rings. The van der Waals surface area contributed by atoms with Gasteiger partial charge in [-0.15, -0.1) is 0 Å². The van der Waals surface area contributed by atoms with E-state index in [-0.39, 0.29) is 12.1 Å². The zero-order chi connectivity index (χ0) is 11.9. The quantitative estimate of drug-likeness (QED) is 0.760. The van der Waals surface area contributed by atoms with Crippen molar-refractivity contribution in [1.82, 2.24) is 9.80 Å². The Labute approximate surface area is 105 Å². The van der Waals surface area contributed by atoms with Crippen LogP contribution in [0.5, 0.6) is 0 Å². The first-order chi connectivity index (χ1) is 7.50. The molecule has 1 atom stereocenters. The number of rotatable bonds is 1. The molecule has 1 aliphatic heterocycles. The molecule has 0 bridgehead atoms. The summed E-state index contributed by atoms with van der Waals surface area (Å²) in [6, 6.07) is 5.38. The van der Waals surface area contributed by atoms with Gasteiger partial charge in [-0.25, -0.2) is 4.79 Å². The Morgan fingerprint density at radius 2 is 2.00 bits per heavy atom. The van der Waals surface area contributed by atoms with Crippen molar-refractivity contribution in [2.24, 2.45) is 0 Å². The number of nitrogens with zero attached hydrogens (tertiary/aromatic N) is 2. The highest BCUT2D eigenvalue weighted by atomic mass is 35.5. The van der Waals surface area contributed by atoms with Gasteiger partial charge in [0.15, 0.2) is 0 Å². The highest BCUT2D eigenvalue weighted by molar-refractivity contribution is 6.35. The van der Waals surface area contributed by atoms with E-state index in [4.69, 9.17) is 23.2 Å². The lowest BCUT2D eigenvalue weighted by atomic mass is 10.1. The minimum absolute atomic E-state index is 0.00210. The first kappa shape index (κ1) is 11.6. The Balaban J connectivity index is 2.35. The zero-order valence-corrected chi connectivity index (χ0v) is 10.6. The maximum absolute atomic E-state index is 11.6. The van der Waals surface area contributed by atoms with Gasteiger partial charge in [0.05, 0.1) is 6.04 Å². The molecule has 1 unspecified atom stereocenters. The standard InChI is InChI=1S/C11H12Cl2N2O/c1-14-6-10(15(2)11(14)16)8-4-3-7(12)5-9(8)13/h3-5,10H,6H2,1-2H3. The van der Waals surface area contributed by atoms with E-state index in [0.29, 0.717) is 16.6 Å². The fraction of sp³-hybridized carbons (Fsp3) is 0.364. The molecule has 1 aromatic carbocycles. The molecule has 2 rings (SSSR count). The van der Waals surface area contributed by atoms with E-state index in [1.54, 1.807) is 36.0 Å². The minimum atomic E-state index is 0.00210. The Hall–Kier alpha value is -0.930. The Kier molecular flexibility index (Phi) is 3.00. The van der Waals surface area contributed by atoms with Crippen LogP contribution in [-0.2, 0) is 0 Å². The SMILES string of the molecule is CN1CC(c2ccc(Cl)cc2Cl)N(C)C1=O. The molecule has 0 radical (unpaired) electrons. The van der Waals surface area contributed by atoms with E-state index in [0.717, 1.165) is 5.56 Å². The summed E-state index contributed by atoms with van der Waals surface area (Å²) in [6.45, 7) is 0.649. The van der Waals surface area contributed by atoms with Gasteiger partial charge in [-0.2, -0.15) is 0 Å². The largest absolute Gasteiger partial charge is 0.325 e. The molecular weight excluding hydrogens is 247 g/mol. The van der Waals surface area contributed by atoms with Crippen molar-refractivity contribution < 1.29 is 4.79 Å². The van der Waals surface area contributed by atoms with Crippen LogP contribution in [0.2, 0.25) is 10.0 Å². The highest BCUT2D eigenvalue weighted by Crippen LogP contribution is 2.33. The average molecular weight is 259 g/mol. The van der Waals surface area contributed by atoms with Crippen molar-refractivity contribution in [3.05, 3.63) is 33.8 Å². The van der Waals surface area contributed by atoms with Crippen LogP contribution in [-0.4, -0.2) is 36.5 Å². The van der Waals surface area contributed by atoms with Gasteiger partial charge in [0.25, 0.3) is 0 Å². The molecule has 3 nitrogen and oxygen atoms in total. The van der Waals surface area contributed by atoms with Gasteiger partial charge in [-0.3, -0.25) is 0 Å². The first-order valence-electron chi connectivity index (χ1n) is 4.93. The number of benzene rings is 1. The predicted molar refractivity (Wildman–Crippen MR) is 65.0 cm³/mol. The number of hydrogen-bond acceptors (Lipinski definition) is 1. The third-order valence-corrected chi connectivity index (χ3v) is 3.43. The minimum Gasteiger partial charge on any atom is -0.325 e. The van der Waals surface area contributed by atoms with E-state index < -0.39 is 0 Å². The molecule has 1 saturated heterocycles. The summed E-state index contributed by atoms with van der Waals surface area (Å²) in [5, 5.41) is 1.21. The van der Waals surface area contributed by atoms with Gasteiger partial charge in [0.2, 0.25) is 0 Å². The molecule has 86 valence electrons. The summed E-state index contributed by atoms with van der Waals surface area (Å²) < 4.78 is 0. The Bertz CT molecular complexity index is 436. The van der Waals surface area contributed by atoms with Crippen LogP contribution in [0, 0.1) is 0 Å². The van der Waals surface area contributed by atoms with Crippen molar-refractivity contribution in [1.29, 1.82) is 0 Å². The second kappa shape index (κ2) is 4.15. The van der Waals surface area contributed by atoms with Crippen molar-refractivity contribution in [3.63, 3.8) is 0 Å². The monoisotopic (exact) mass is 258 g/mol. The van der Waals surface area contributed by atoms with Crippen LogP contribution in [0.25, 0.3) is 0 Å². The van der Waals surface area contributed by atoms with E-state index in [2.05, 4.69) is 0 Å². The van der Waals surface area contributed by atoms with E-state index in [9.17, 15) is 4.79 Å². The number of amides is 2. The van der Waals surface area contributed by atoms with Crippen LogP contribution >= 0.6 is 23.2 Å². The molecule has 0 N–H and O–H groups in total. The van der Waals surface area contributed by atoms with Gasteiger partial charge >= 0.3 is 6.03 Å². The van der Waals surface area contributed by atoms with E-state index in [1.165, 1.54) is 0 Å². The van der Waals surface area contributed by atoms with Crippen molar-refractivity contribution in [2.75, 3.05) is 20.6 Å². The molecule has 1 heterocycles. The number of carbonyl (C=O) groups is 1. The Morgan fingerprint density at radius 1 is 1.31 bits per heavy atom. The lowest BCUT2D eigenvalue weighted by Gasteiger charge is -2.19. The molecule has 2 amide bonds. The lowest BCUT2D eigenvalue weighted by molar-refractivity contribution is 0.201. The third kappa shape index (κ3) is 1.85. The van der Waals surface area contributed by atoms with Crippen molar-refractivity contribution in [3.8, 4) is 0 Å². The fourth-order valence-corrected chi connectivity index (χ4v) is 2.48. The number of carbonyl (C=O) groups excluding carboxylic acids is 1. The summed E-state index contributed by atoms with van der Waals surface area (Å²) in [6.07, 6.45) is 0. The summed E-state index contributed by atoms with van der Waals surface area (Å²) in [5.41, 5.74) is 0.936. The van der Waals surface area contributed by atoms with Crippen molar-refractivity contribution >= 4 is 29.2 Å². The molecule has 0 saturated carbocycles. The first-order valence-corrected chi connectivity index (χ1v) is 5.69. The van der Waals surface area contributed by atoms with Crippen LogP contribution in [0.1, 0.15) is 11.6 Å². The maximum Gasteiger partial charge on any atom is 0.320 e. The van der Waals surface area contributed by atoms with Crippen LogP contribution in [0.15, 0.2) is 18.2 Å². The summed E-state index contributed by atoms with van der Waals surface area (Å²) in [4.78, 5) is 15.0. The Morgan fingerprint density at radius 3 is 2.50 bits per heavy atom. The van der Waals surface area contributed by atoms with E-state index in [1.807, 2.05) is 6.07 Å². The smallest absolute Gasteiger partial charge is 0.320 e. The van der Waals surface area contributed by atoms with Crippen LogP contribution in [0.3, 0.4) is 0 Å². The normalized spacial score (nSPS) is 20.8. The fourth-order valence-electron chi connectivity index (χ4n) is 1.94. The van der Waals surface area contributed by atoms with Gasteiger partial charge in [0, 0.05) is 30.7 Å². The average Bonchev–Trinajstić information content (AvgIpc) is 2.46. The molecule has 1 aromatic rings. The molecule has 1 fully saturated rings. The number of hydrogen-bond donors (Lipinski definition) is 0. The zero-order valence-electron chi connectivity index (χ0n) is 9.08. The van der Waals surface area contributed by atoms with Crippen LogP contribution in [0.4, 0.5) is 4.79 Å². The number of halogens is 2. The maximum atomic E-state index is 11.6. The van der Waals surface area contributed by atoms with E-state index >= 15 is 0 Å². The molecule has 16 heavy (non-hydrogen) atoms. The highest BCUT2D eigenvalue weighted by Gasteiger charge is 2.34. The second-order valence-electron chi connectivity index (χ2n) is 3.96. The molecular formula is C11H12Cl2N2O. The molecule has 0 spiro atoms. The topological polar surface area (TPSA) is 23.6 Å². The lowest BCUT2D eigenvalue weighted by Crippen LogP contribution is -2.26. The third-order valence-electron chi connectivity index (χ3n) is 2.86. The summed E-state index contributed by atoms with van der Waals surface area (Å²) in [5.74, 6) is 0. The summed E-state index contributed by atoms with van der Waals surface area (Å²) in [7, 11) is 3.56. The molecule has 5 heteroatoms. The van der Waals surface area contributed by atoms with Crippen LogP contribution < -0.4 is 0 Å². The summed E-state index contributed by atoms with van der Waals surface area (Å²) >= 11 is 12.0.